The average Bonchev–Trinajstić information content (AvgIpc) is 2.77. The molecular formula is C12H24N2. The van der Waals surface area contributed by atoms with Crippen molar-refractivity contribution in [1.29, 1.82) is 0 Å². The molecule has 2 heterocycles. The van der Waals surface area contributed by atoms with Crippen molar-refractivity contribution in [2.45, 2.75) is 33.1 Å². The van der Waals surface area contributed by atoms with Crippen molar-refractivity contribution >= 4 is 0 Å². The molecule has 2 atom stereocenters. The zero-order valence-electron chi connectivity index (χ0n) is 9.68. The van der Waals surface area contributed by atoms with Gasteiger partial charge in [0.1, 0.15) is 0 Å². The van der Waals surface area contributed by atoms with Crippen LogP contribution in [0.3, 0.4) is 0 Å². The summed E-state index contributed by atoms with van der Waals surface area (Å²) in [6, 6.07) is 0. The molecule has 0 saturated carbocycles. The Hall–Kier alpha value is -0.0800. The van der Waals surface area contributed by atoms with Crippen LogP contribution in [0.25, 0.3) is 0 Å². The minimum Gasteiger partial charge on any atom is -0.316 e. The summed E-state index contributed by atoms with van der Waals surface area (Å²) >= 11 is 0. The molecule has 2 rings (SSSR count). The van der Waals surface area contributed by atoms with Crippen LogP contribution in [0, 0.1) is 11.3 Å². The summed E-state index contributed by atoms with van der Waals surface area (Å²) in [5, 5.41) is 3.52. The fraction of sp³-hybridized carbons (Fsp3) is 1.00. The van der Waals surface area contributed by atoms with Gasteiger partial charge in [0.15, 0.2) is 0 Å². The van der Waals surface area contributed by atoms with Crippen molar-refractivity contribution in [3.63, 3.8) is 0 Å². The van der Waals surface area contributed by atoms with Gasteiger partial charge in [-0.3, -0.25) is 0 Å². The summed E-state index contributed by atoms with van der Waals surface area (Å²) in [5.74, 6) is 0.929. The van der Waals surface area contributed by atoms with Gasteiger partial charge in [0.2, 0.25) is 0 Å². The summed E-state index contributed by atoms with van der Waals surface area (Å²) in [5.41, 5.74) is 0.601. The molecule has 0 spiro atoms. The standard InChI is InChI=1S/C12H24N2/c1-3-12(5-6-13-9-12)10-14-7-4-11(2)8-14/h11,13H,3-10H2,1-2H3. The molecule has 0 amide bonds. The van der Waals surface area contributed by atoms with E-state index in [-0.39, 0.29) is 0 Å². The van der Waals surface area contributed by atoms with Gasteiger partial charge in [-0.25, -0.2) is 0 Å². The third-order valence-corrected chi connectivity index (χ3v) is 4.15. The minimum absolute atomic E-state index is 0.601. The van der Waals surface area contributed by atoms with Gasteiger partial charge < -0.3 is 10.2 Å². The van der Waals surface area contributed by atoms with Crippen molar-refractivity contribution < 1.29 is 0 Å². The SMILES string of the molecule is CCC1(CN2CCC(C)C2)CCNC1. The molecule has 2 fully saturated rings. The Labute approximate surface area is 88.1 Å². The third kappa shape index (κ3) is 2.12. The monoisotopic (exact) mass is 196 g/mol. The van der Waals surface area contributed by atoms with Gasteiger partial charge in [0, 0.05) is 19.6 Å². The van der Waals surface area contributed by atoms with E-state index in [0.29, 0.717) is 5.41 Å². The van der Waals surface area contributed by atoms with Gasteiger partial charge in [-0.05, 0) is 43.7 Å². The predicted molar refractivity (Wildman–Crippen MR) is 60.4 cm³/mol. The van der Waals surface area contributed by atoms with Crippen molar-refractivity contribution in [3.05, 3.63) is 0 Å². The lowest BCUT2D eigenvalue weighted by molar-refractivity contribution is 0.181. The molecule has 0 aromatic carbocycles. The highest BCUT2D eigenvalue weighted by atomic mass is 15.2. The largest absolute Gasteiger partial charge is 0.316 e. The number of rotatable bonds is 3. The minimum atomic E-state index is 0.601. The maximum atomic E-state index is 3.52. The first-order valence-corrected chi connectivity index (χ1v) is 6.17. The van der Waals surface area contributed by atoms with Crippen molar-refractivity contribution in [2.75, 3.05) is 32.7 Å². The molecule has 14 heavy (non-hydrogen) atoms. The smallest absolute Gasteiger partial charge is 0.00506 e. The maximum absolute atomic E-state index is 3.52. The normalized spacial score (nSPS) is 39.4. The average molecular weight is 196 g/mol. The molecule has 1 N–H and O–H groups in total. The van der Waals surface area contributed by atoms with E-state index < -0.39 is 0 Å². The number of nitrogens with one attached hydrogen (secondary N) is 1. The molecule has 0 aliphatic carbocycles. The summed E-state index contributed by atoms with van der Waals surface area (Å²) in [4.78, 5) is 2.68. The molecule has 2 heteroatoms. The Balaban J connectivity index is 1.88. The number of hydrogen-bond donors (Lipinski definition) is 1. The molecule has 0 aromatic rings. The highest BCUT2D eigenvalue weighted by molar-refractivity contribution is 4.90. The predicted octanol–water partition coefficient (Wildman–Crippen LogP) is 1.72. The molecule has 2 unspecified atom stereocenters. The summed E-state index contributed by atoms with van der Waals surface area (Å²) < 4.78 is 0. The van der Waals surface area contributed by atoms with Gasteiger partial charge >= 0.3 is 0 Å². The van der Waals surface area contributed by atoms with Crippen LogP contribution in [-0.4, -0.2) is 37.6 Å². The van der Waals surface area contributed by atoms with Gasteiger partial charge in [-0.2, -0.15) is 0 Å². The van der Waals surface area contributed by atoms with Crippen molar-refractivity contribution in [1.82, 2.24) is 10.2 Å². The lowest BCUT2D eigenvalue weighted by Crippen LogP contribution is -2.37. The van der Waals surface area contributed by atoms with Crippen LogP contribution in [0.1, 0.15) is 33.1 Å². The van der Waals surface area contributed by atoms with E-state index in [1.165, 1.54) is 52.0 Å². The van der Waals surface area contributed by atoms with Crippen LogP contribution < -0.4 is 5.32 Å². The van der Waals surface area contributed by atoms with Gasteiger partial charge in [0.05, 0.1) is 0 Å². The summed E-state index contributed by atoms with van der Waals surface area (Å²) in [6.07, 6.45) is 4.13. The Kier molecular flexibility index (Phi) is 3.13. The Bertz CT molecular complexity index is 185. The third-order valence-electron chi connectivity index (χ3n) is 4.15. The van der Waals surface area contributed by atoms with Gasteiger partial charge in [0.25, 0.3) is 0 Å². The second kappa shape index (κ2) is 4.19. The zero-order chi connectivity index (χ0) is 10.0. The molecule has 2 saturated heterocycles. The Morgan fingerprint density at radius 3 is 2.86 bits per heavy atom. The van der Waals surface area contributed by atoms with Crippen LogP contribution in [0.2, 0.25) is 0 Å². The lowest BCUT2D eigenvalue weighted by atomic mass is 9.84. The molecule has 0 aromatic heterocycles. The van der Waals surface area contributed by atoms with Crippen molar-refractivity contribution in [2.24, 2.45) is 11.3 Å². The molecular weight excluding hydrogens is 172 g/mol. The highest BCUT2D eigenvalue weighted by Gasteiger charge is 2.35. The molecule has 2 aliphatic heterocycles. The number of nitrogens with zero attached hydrogens (tertiary/aromatic N) is 1. The van der Waals surface area contributed by atoms with Crippen LogP contribution >= 0.6 is 0 Å². The van der Waals surface area contributed by atoms with E-state index in [4.69, 9.17) is 0 Å². The Morgan fingerprint density at radius 2 is 2.36 bits per heavy atom. The zero-order valence-corrected chi connectivity index (χ0v) is 9.68. The first kappa shape index (κ1) is 10.4. The van der Waals surface area contributed by atoms with Crippen LogP contribution in [-0.2, 0) is 0 Å². The van der Waals surface area contributed by atoms with E-state index >= 15 is 0 Å². The van der Waals surface area contributed by atoms with E-state index in [1.54, 1.807) is 0 Å². The van der Waals surface area contributed by atoms with E-state index in [0.717, 1.165) is 5.92 Å². The van der Waals surface area contributed by atoms with E-state index in [9.17, 15) is 0 Å². The summed E-state index contributed by atoms with van der Waals surface area (Å²) in [7, 11) is 0. The highest BCUT2D eigenvalue weighted by Crippen LogP contribution is 2.32. The van der Waals surface area contributed by atoms with Gasteiger partial charge in [-0.1, -0.05) is 13.8 Å². The van der Waals surface area contributed by atoms with Crippen LogP contribution in [0.4, 0.5) is 0 Å². The summed E-state index contributed by atoms with van der Waals surface area (Å²) in [6.45, 7) is 11.2. The van der Waals surface area contributed by atoms with Crippen LogP contribution in [0.15, 0.2) is 0 Å². The molecule has 0 radical (unpaired) electrons. The number of likely N-dealkylation sites (tertiary alicyclic amines) is 1. The van der Waals surface area contributed by atoms with Crippen molar-refractivity contribution in [3.8, 4) is 0 Å². The molecule has 0 bridgehead atoms. The number of hydrogen-bond acceptors (Lipinski definition) is 2. The quantitative estimate of drug-likeness (QED) is 0.739. The topological polar surface area (TPSA) is 15.3 Å². The molecule has 82 valence electrons. The first-order chi connectivity index (χ1) is 6.74. The molecule has 2 nitrogen and oxygen atoms in total. The first-order valence-electron chi connectivity index (χ1n) is 6.17. The lowest BCUT2D eigenvalue weighted by Gasteiger charge is -2.31. The second-order valence-electron chi connectivity index (χ2n) is 5.41. The fourth-order valence-electron chi connectivity index (χ4n) is 2.99. The second-order valence-corrected chi connectivity index (χ2v) is 5.41. The van der Waals surface area contributed by atoms with Gasteiger partial charge in [-0.15, -0.1) is 0 Å². The Morgan fingerprint density at radius 1 is 1.50 bits per heavy atom. The fourth-order valence-corrected chi connectivity index (χ4v) is 2.99. The van der Waals surface area contributed by atoms with Crippen LogP contribution in [0.5, 0.6) is 0 Å². The van der Waals surface area contributed by atoms with E-state index in [2.05, 4.69) is 24.1 Å². The molecule has 2 aliphatic rings. The van der Waals surface area contributed by atoms with E-state index in [1.807, 2.05) is 0 Å². The maximum Gasteiger partial charge on any atom is 0.00506 e.